The number of ether oxygens (including phenoxy) is 1. The minimum atomic E-state index is -3.04. The summed E-state index contributed by atoms with van der Waals surface area (Å²) in [5.41, 5.74) is -5.91. The molecule has 7 heteroatoms. The van der Waals surface area contributed by atoms with E-state index in [0.29, 0.717) is 24.8 Å². The summed E-state index contributed by atoms with van der Waals surface area (Å²) >= 11 is 0. The third kappa shape index (κ3) is 2.65. The van der Waals surface area contributed by atoms with Crippen molar-refractivity contribution in [3.05, 3.63) is 23.8 Å². The predicted molar refractivity (Wildman–Crippen MR) is 109 cm³/mol. The van der Waals surface area contributed by atoms with Crippen molar-refractivity contribution >= 4 is 17.5 Å². The molecule has 6 nitrogen and oxygen atoms in total. The topological polar surface area (TPSA) is 101 Å². The minimum Gasteiger partial charge on any atom is -0.458 e. The number of hydrogen-bond acceptors (Lipinski definition) is 6. The maximum absolute atomic E-state index is 17.1. The molecule has 2 N–H and O–H groups in total. The van der Waals surface area contributed by atoms with Gasteiger partial charge in [-0.1, -0.05) is 25.5 Å². The van der Waals surface area contributed by atoms with E-state index in [1.807, 2.05) is 0 Å². The number of carbonyl (C=O) groups is 3. The van der Waals surface area contributed by atoms with E-state index in [9.17, 15) is 24.6 Å². The zero-order valence-electron chi connectivity index (χ0n) is 21.0. The Kier molecular flexibility index (Phi) is 4.11. The number of alkyl halides is 1. The van der Waals surface area contributed by atoms with Crippen molar-refractivity contribution in [2.75, 3.05) is 6.61 Å². The van der Waals surface area contributed by atoms with Gasteiger partial charge in [-0.25, -0.2) is 4.39 Å². The lowest BCUT2D eigenvalue weighted by molar-refractivity contribution is -0.219. The van der Waals surface area contributed by atoms with Crippen LogP contribution in [0, 0.1) is 28.6 Å². The average Bonchev–Trinajstić information content (AvgIpc) is 2.94. The summed E-state index contributed by atoms with van der Waals surface area (Å²) < 4.78 is 43.0. The van der Waals surface area contributed by atoms with E-state index in [0.717, 1.165) is 0 Å². The van der Waals surface area contributed by atoms with Gasteiger partial charge in [0.25, 0.3) is 0 Å². The minimum absolute atomic E-state index is 0.213. The maximum Gasteiger partial charge on any atom is 0.303 e. The van der Waals surface area contributed by atoms with Crippen molar-refractivity contribution in [3.63, 3.8) is 0 Å². The van der Waals surface area contributed by atoms with Crippen molar-refractivity contribution in [1.82, 2.24) is 0 Å². The van der Waals surface area contributed by atoms with Crippen LogP contribution in [0.3, 0.4) is 0 Å². The van der Waals surface area contributed by atoms with E-state index in [2.05, 4.69) is 4.74 Å². The first-order chi connectivity index (χ1) is 15.5. The van der Waals surface area contributed by atoms with Crippen LogP contribution in [0.2, 0.25) is 0 Å². The number of esters is 1. The molecule has 0 amide bonds. The third-order valence-electron chi connectivity index (χ3n) is 8.98. The molecule has 0 aromatic rings. The Balaban J connectivity index is 1.69. The number of fused-ring (bicyclic) bond motifs is 5. The normalized spacial score (nSPS) is 50.2. The molecule has 3 fully saturated rings. The number of carbonyl (C=O) groups excluding carboxylic acids is 3. The van der Waals surface area contributed by atoms with E-state index < -0.39 is 71.2 Å². The van der Waals surface area contributed by atoms with Crippen molar-refractivity contribution < 1.29 is 37.8 Å². The SMILES string of the molecule is [2H]C([2H])([2H])C(=O)OCC(=O)[C@@]1(O)[C@@H](C)C[C@H]2[C@@H]3CCC4=CC(=O)C=C[C@]4(C)[C@@]3(F)[C@@H](O)C[C@@]21C. The molecule has 0 bridgehead atoms. The van der Waals surface area contributed by atoms with Gasteiger partial charge in [-0.3, -0.25) is 14.4 Å². The summed E-state index contributed by atoms with van der Waals surface area (Å²) in [6.07, 6.45) is 3.67. The van der Waals surface area contributed by atoms with Crippen LogP contribution in [-0.4, -0.2) is 51.7 Å². The first kappa shape index (κ1) is 18.7. The zero-order chi connectivity index (χ0) is 25.5. The summed E-state index contributed by atoms with van der Waals surface area (Å²) in [6.45, 7) is 1.04. The van der Waals surface area contributed by atoms with Crippen molar-refractivity contribution in [3.8, 4) is 0 Å². The summed E-state index contributed by atoms with van der Waals surface area (Å²) in [4.78, 5) is 36.8. The number of ketones is 2. The summed E-state index contributed by atoms with van der Waals surface area (Å²) in [7, 11) is 0. The van der Waals surface area contributed by atoms with E-state index in [1.54, 1.807) is 20.8 Å². The highest BCUT2D eigenvalue weighted by Gasteiger charge is 2.75. The number of Topliss-reactive ketones (excluding diaryl/α,β-unsaturated/α-hetero) is 1. The molecule has 4 rings (SSSR count). The van der Waals surface area contributed by atoms with E-state index in [-0.39, 0.29) is 12.2 Å². The van der Waals surface area contributed by atoms with Crippen LogP contribution >= 0.6 is 0 Å². The fourth-order valence-electron chi connectivity index (χ4n) is 7.38. The summed E-state index contributed by atoms with van der Waals surface area (Å²) in [5, 5.41) is 23.0. The maximum atomic E-state index is 17.1. The van der Waals surface area contributed by atoms with Crippen molar-refractivity contribution in [2.45, 2.75) is 70.7 Å². The molecule has 0 spiro atoms. The molecular weight excluding hydrogens is 403 g/mol. The van der Waals surface area contributed by atoms with Gasteiger partial charge in [-0.15, -0.1) is 0 Å². The monoisotopic (exact) mass is 437 g/mol. The lowest BCUT2D eigenvalue weighted by atomic mass is 9.44. The van der Waals surface area contributed by atoms with Gasteiger partial charge in [0.05, 0.1) is 6.10 Å². The molecule has 0 aliphatic heterocycles. The molecule has 8 atom stereocenters. The van der Waals surface area contributed by atoms with Gasteiger partial charge in [0.1, 0.15) is 5.60 Å². The van der Waals surface area contributed by atoms with Gasteiger partial charge in [0.2, 0.25) is 5.78 Å². The van der Waals surface area contributed by atoms with Crippen molar-refractivity contribution in [1.29, 1.82) is 0 Å². The lowest BCUT2D eigenvalue weighted by Gasteiger charge is -2.62. The molecule has 31 heavy (non-hydrogen) atoms. The van der Waals surface area contributed by atoms with Gasteiger partial charge < -0.3 is 14.9 Å². The molecule has 0 saturated heterocycles. The molecular formula is C24H31FO6. The molecule has 170 valence electrons. The zero-order valence-corrected chi connectivity index (χ0v) is 18.0. The molecule has 3 saturated carbocycles. The number of rotatable bonds is 3. The van der Waals surface area contributed by atoms with Crippen LogP contribution < -0.4 is 0 Å². The van der Waals surface area contributed by atoms with E-state index >= 15 is 4.39 Å². The van der Waals surface area contributed by atoms with Crippen LogP contribution in [0.15, 0.2) is 23.8 Å². The Bertz CT molecular complexity index is 1010. The third-order valence-corrected chi connectivity index (χ3v) is 8.98. The average molecular weight is 438 g/mol. The molecule has 0 aromatic heterocycles. The second-order valence-corrected chi connectivity index (χ2v) is 10.2. The number of hydrogen-bond donors (Lipinski definition) is 2. The predicted octanol–water partition coefficient (Wildman–Crippen LogP) is 2.47. The number of aliphatic hydroxyl groups is 2. The van der Waals surface area contributed by atoms with Gasteiger partial charge in [0, 0.05) is 27.7 Å². The van der Waals surface area contributed by atoms with Gasteiger partial charge in [-0.05, 0) is 56.6 Å². The number of allylic oxidation sites excluding steroid dienone is 4. The van der Waals surface area contributed by atoms with Gasteiger partial charge >= 0.3 is 5.97 Å². The highest BCUT2D eigenvalue weighted by Crippen LogP contribution is 2.70. The standard InChI is InChI=1S/C24H31FO6/c1-13-9-18-17-6-5-15-10-16(27)7-8-21(15,3)23(17,25)19(28)11-22(18,4)24(13,30)20(29)12-31-14(2)26/h7-8,10,13,17-19,28,30H,5-6,9,11-12H2,1-4H3/t13-,17-,18-,19-,21-,22-,23-,24-/m0/s1/i2D3. The second-order valence-electron chi connectivity index (χ2n) is 10.2. The smallest absolute Gasteiger partial charge is 0.303 e. The van der Waals surface area contributed by atoms with Crippen LogP contribution in [0.5, 0.6) is 0 Å². The lowest BCUT2D eigenvalue weighted by Crippen LogP contribution is -2.69. The fraction of sp³-hybridized carbons (Fsp3) is 0.708. The molecule has 4 aliphatic rings. The fourth-order valence-corrected chi connectivity index (χ4v) is 7.38. The Morgan fingerprint density at radius 1 is 1.35 bits per heavy atom. The first-order valence-corrected chi connectivity index (χ1v) is 10.8. The quantitative estimate of drug-likeness (QED) is 0.658. The van der Waals surface area contributed by atoms with E-state index in [4.69, 9.17) is 4.11 Å². The Hall–Kier alpha value is -1.86. The largest absolute Gasteiger partial charge is 0.458 e. The molecule has 4 aliphatic carbocycles. The first-order valence-electron chi connectivity index (χ1n) is 12.3. The van der Waals surface area contributed by atoms with Crippen LogP contribution in [0.1, 0.15) is 57.4 Å². The van der Waals surface area contributed by atoms with Crippen LogP contribution in [0.25, 0.3) is 0 Å². The summed E-state index contributed by atoms with van der Waals surface area (Å²) in [6, 6.07) is 0. The Morgan fingerprint density at radius 2 is 2.06 bits per heavy atom. The highest BCUT2D eigenvalue weighted by atomic mass is 19.1. The molecule has 0 aromatic carbocycles. The Morgan fingerprint density at radius 3 is 2.74 bits per heavy atom. The van der Waals surface area contributed by atoms with E-state index in [1.165, 1.54) is 18.2 Å². The van der Waals surface area contributed by atoms with Gasteiger partial charge in [-0.2, -0.15) is 0 Å². The Labute approximate surface area is 185 Å². The molecule has 0 radical (unpaired) electrons. The highest BCUT2D eigenvalue weighted by molar-refractivity contribution is 6.01. The van der Waals surface area contributed by atoms with Gasteiger partial charge in [0.15, 0.2) is 18.1 Å². The van der Waals surface area contributed by atoms with Crippen LogP contribution in [-0.2, 0) is 19.1 Å². The van der Waals surface area contributed by atoms with Crippen LogP contribution in [0.4, 0.5) is 4.39 Å². The molecule has 0 heterocycles. The second kappa shape index (κ2) is 6.82. The summed E-state index contributed by atoms with van der Waals surface area (Å²) in [5.74, 6) is -4.40. The number of aliphatic hydroxyl groups excluding tert-OH is 1. The molecule has 0 unspecified atom stereocenters. The van der Waals surface area contributed by atoms with Crippen molar-refractivity contribution in [2.24, 2.45) is 28.6 Å². The number of halogens is 1.